The minimum Gasteiger partial charge on any atom is -0.461 e. The molecule has 210 valence electrons. The van der Waals surface area contributed by atoms with E-state index in [0.717, 1.165) is 28.3 Å². The summed E-state index contributed by atoms with van der Waals surface area (Å²) in [6.45, 7) is 5.77. The van der Waals surface area contributed by atoms with E-state index in [4.69, 9.17) is 10.00 Å². The van der Waals surface area contributed by atoms with E-state index in [1.807, 2.05) is 13.0 Å². The third-order valence-corrected chi connectivity index (χ3v) is 7.68. The smallest absolute Gasteiger partial charge is 0.313 e. The van der Waals surface area contributed by atoms with Gasteiger partial charge in [-0.3, -0.25) is 14.4 Å². The highest BCUT2D eigenvalue weighted by molar-refractivity contribution is 5.98. The second kappa shape index (κ2) is 11.7. The average molecular weight is 558 g/mol. The van der Waals surface area contributed by atoms with Crippen LogP contribution in [-0.4, -0.2) is 50.0 Å². The van der Waals surface area contributed by atoms with Crippen LogP contribution >= 0.6 is 0 Å². The van der Waals surface area contributed by atoms with E-state index in [1.165, 1.54) is 24.4 Å². The van der Waals surface area contributed by atoms with Gasteiger partial charge >= 0.3 is 5.97 Å². The van der Waals surface area contributed by atoms with Crippen molar-refractivity contribution in [2.75, 3.05) is 6.61 Å². The summed E-state index contributed by atoms with van der Waals surface area (Å²) in [5, 5.41) is 18.7. The predicted octanol–water partition coefficient (Wildman–Crippen LogP) is 3.03. The zero-order valence-electron chi connectivity index (χ0n) is 22.4. The quantitative estimate of drug-likeness (QED) is 0.317. The number of carbonyl (C=O) groups excluding carboxylic acids is 3. The standard InChI is InChI=1S/C29H28FN7O4/c1-3-10-41-29(40)20-4-5-21-19(16(20)2)6-7-23(21)36-28(39)25-12-24(35-26-22(30)15-34-37(25)26)27(38)33-14-17-8-9-32-18(11-17)13-31/h3,8-9,11-12,15,20-21,23H,1,4-7,10,14H2,2H3,(H,33,38)(H,36,39). The molecule has 0 spiro atoms. The van der Waals surface area contributed by atoms with Crippen LogP contribution in [0.2, 0.25) is 0 Å². The first-order valence-electron chi connectivity index (χ1n) is 13.3. The van der Waals surface area contributed by atoms with E-state index in [9.17, 15) is 18.8 Å². The number of ether oxygens (including phenoxy) is 1. The highest BCUT2D eigenvalue weighted by Crippen LogP contribution is 2.44. The Morgan fingerprint density at radius 3 is 2.88 bits per heavy atom. The molecule has 1 fully saturated rings. The molecule has 2 aliphatic carbocycles. The van der Waals surface area contributed by atoms with Crippen LogP contribution < -0.4 is 10.6 Å². The van der Waals surface area contributed by atoms with Crippen LogP contribution in [0, 0.1) is 29.0 Å². The number of aromatic nitrogens is 4. The number of nitriles is 1. The summed E-state index contributed by atoms with van der Waals surface area (Å²) in [7, 11) is 0. The molecule has 2 N–H and O–H groups in total. The van der Waals surface area contributed by atoms with Crippen LogP contribution in [0.4, 0.5) is 4.39 Å². The van der Waals surface area contributed by atoms with Crippen molar-refractivity contribution in [3.63, 3.8) is 0 Å². The molecule has 0 bridgehead atoms. The van der Waals surface area contributed by atoms with Gasteiger partial charge in [0.1, 0.15) is 29.8 Å². The van der Waals surface area contributed by atoms with Crippen molar-refractivity contribution >= 4 is 23.4 Å². The number of rotatable bonds is 8. The Bertz CT molecular complexity index is 1620. The number of esters is 1. The average Bonchev–Trinajstić information content (AvgIpc) is 3.57. The topological polar surface area (TPSA) is 151 Å². The van der Waals surface area contributed by atoms with Crippen LogP contribution in [0.5, 0.6) is 0 Å². The first kappa shape index (κ1) is 27.6. The van der Waals surface area contributed by atoms with Crippen LogP contribution in [0.1, 0.15) is 64.8 Å². The van der Waals surface area contributed by atoms with Crippen molar-refractivity contribution in [3.8, 4) is 6.07 Å². The lowest BCUT2D eigenvalue weighted by Gasteiger charge is -2.31. The lowest BCUT2D eigenvalue weighted by atomic mass is 9.77. The number of pyridine rings is 1. The number of amides is 2. The zero-order chi connectivity index (χ0) is 29.1. The summed E-state index contributed by atoms with van der Waals surface area (Å²) >= 11 is 0. The van der Waals surface area contributed by atoms with E-state index in [1.54, 1.807) is 6.07 Å². The molecule has 0 aromatic carbocycles. The summed E-state index contributed by atoms with van der Waals surface area (Å²) in [6.07, 6.45) is 6.69. The monoisotopic (exact) mass is 557 g/mol. The second-order valence-electron chi connectivity index (χ2n) is 10.1. The largest absolute Gasteiger partial charge is 0.461 e. The molecule has 12 heteroatoms. The molecule has 3 heterocycles. The van der Waals surface area contributed by atoms with Crippen molar-refractivity contribution < 1.29 is 23.5 Å². The van der Waals surface area contributed by atoms with Gasteiger partial charge in [-0.2, -0.15) is 10.4 Å². The molecule has 0 saturated heterocycles. The summed E-state index contributed by atoms with van der Waals surface area (Å²) < 4.78 is 20.9. The molecule has 0 radical (unpaired) electrons. The highest BCUT2D eigenvalue weighted by Gasteiger charge is 2.40. The maximum Gasteiger partial charge on any atom is 0.313 e. The van der Waals surface area contributed by atoms with Gasteiger partial charge in [0.15, 0.2) is 11.5 Å². The molecule has 3 aromatic heterocycles. The predicted molar refractivity (Wildman–Crippen MR) is 144 cm³/mol. The Morgan fingerprint density at radius 1 is 1.27 bits per heavy atom. The van der Waals surface area contributed by atoms with Crippen LogP contribution in [-0.2, 0) is 16.1 Å². The molecule has 3 atom stereocenters. The molecule has 2 amide bonds. The molecule has 11 nitrogen and oxygen atoms in total. The first-order chi connectivity index (χ1) is 19.8. The number of nitrogens with one attached hydrogen (secondary N) is 2. The van der Waals surface area contributed by atoms with E-state index in [-0.39, 0.29) is 59.7 Å². The highest BCUT2D eigenvalue weighted by atomic mass is 19.1. The number of halogens is 1. The summed E-state index contributed by atoms with van der Waals surface area (Å²) in [6, 6.07) is 6.21. The molecule has 3 unspecified atom stereocenters. The van der Waals surface area contributed by atoms with Gasteiger partial charge in [0, 0.05) is 30.8 Å². The number of hydrogen-bond donors (Lipinski definition) is 2. The van der Waals surface area contributed by atoms with Crippen molar-refractivity contribution in [2.45, 2.75) is 45.2 Å². The van der Waals surface area contributed by atoms with Crippen LogP contribution in [0.3, 0.4) is 0 Å². The molecule has 0 aliphatic heterocycles. The zero-order valence-corrected chi connectivity index (χ0v) is 22.4. The molecule has 3 aromatic rings. The molecular weight excluding hydrogens is 529 g/mol. The Hall–Kier alpha value is -4.92. The van der Waals surface area contributed by atoms with Crippen molar-refractivity contribution in [3.05, 3.63) is 82.9 Å². The summed E-state index contributed by atoms with van der Waals surface area (Å²) in [5.74, 6) is -2.41. The third-order valence-electron chi connectivity index (χ3n) is 7.68. The number of carbonyl (C=O) groups is 3. The third kappa shape index (κ3) is 5.56. The van der Waals surface area contributed by atoms with Gasteiger partial charge in [-0.1, -0.05) is 23.8 Å². The van der Waals surface area contributed by atoms with E-state index in [0.29, 0.717) is 24.8 Å². The molecule has 41 heavy (non-hydrogen) atoms. The van der Waals surface area contributed by atoms with Gasteiger partial charge in [-0.15, -0.1) is 0 Å². The number of fused-ring (bicyclic) bond motifs is 2. The minimum absolute atomic E-state index is 0.0319. The first-order valence-corrected chi connectivity index (χ1v) is 13.3. The van der Waals surface area contributed by atoms with Gasteiger partial charge in [0.2, 0.25) is 0 Å². The fourth-order valence-electron chi connectivity index (χ4n) is 5.68. The van der Waals surface area contributed by atoms with Crippen molar-refractivity contribution in [1.29, 1.82) is 5.26 Å². The molecule has 1 saturated carbocycles. The van der Waals surface area contributed by atoms with Gasteiger partial charge < -0.3 is 15.4 Å². The normalized spacial score (nSPS) is 19.8. The lowest BCUT2D eigenvalue weighted by Crippen LogP contribution is -2.40. The van der Waals surface area contributed by atoms with Gasteiger partial charge in [-0.25, -0.2) is 18.9 Å². The molecule has 5 rings (SSSR count). The van der Waals surface area contributed by atoms with Crippen molar-refractivity contribution in [1.82, 2.24) is 30.2 Å². The SMILES string of the molecule is C=CCOC(=O)C1CCC2C(=C1C)CCC2NC(=O)c1cc(C(=O)NCc2ccnc(C#N)c2)nc2c(F)cnn12. The van der Waals surface area contributed by atoms with Gasteiger partial charge in [0.25, 0.3) is 11.8 Å². The Morgan fingerprint density at radius 2 is 2.10 bits per heavy atom. The van der Waals surface area contributed by atoms with Gasteiger partial charge in [0.05, 0.1) is 12.1 Å². The maximum absolute atomic E-state index is 14.5. The number of hydrogen-bond acceptors (Lipinski definition) is 8. The fourth-order valence-corrected chi connectivity index (χ4v) is 5.68. The van der Waals surface area contributed by atoms with Crippen LogP contribution in [0.25, 0.3) is 5.65 Å². The number of nitrogens with zero attached hydrogens (tertiary/aromatic N) is 5. The van der Waals surface area contributed by atoms with E-state index in [2.05, 4.69) is 32.3 Å². The Labute approximate surface area is 235 Å². The Balaban J connectivity index is 1.34. The maximum atomic E-state index is 14.5. The minimum atomic E-state index is -0.773. The van der Waals surface area contributed by atoms with Gasteiger partial charge in [-0.05, 0) is 50.3 Å². The summed E-state index contributed by atoms with van der Waals surface area (Å²) in [5.41, 5.74) is 2.56. The van der Waals surface area contributed by atoms with Crippen LogP contribution in [0.15, 0.2) is 54.4 Å². The summed E-state index contributed by atoms with van der Waals surface area (Å²) in [4.78, 5) is 46.9. The molecular formula is C29H28FN7O4. The second-order valence-corrected chi connectivity index (χ2v) is 10.1. The van der Waals surface area contributed by atoms with E-state index >= 15 is 0 Å². The fraction of sp³-hybridized carbons (Fsp3) is 0.345. The molecule has 2 aliphatic rings. The van der Waals surface area contributed by atoms with E-state index < -0.39 is 17.6 Å². The lowest BCUT2D eigenvalue weighted by molar-refractivity contribution is -0.146. The Kier molecular flexibility index (Phi) is 7.87. The van der Waals surface area contributed by atoms with Crippen molar-refractivity contribution in [2.24, 2.45) is 11.8 Å².